The van der Waals surface area contributed by atoms with Crippen LogP contribution in [-0.2, 0) is 7.05 Å². The van der Waals surface area contributed by atoms with Gasteiger partial charge in [-0.3, -0.25) is 4.79 Å². The smallest absolute Gasteiger partial charge is 0.266 e. The Bertz CT molecular complexity index is 732. The fourth-order valence-corrected chi connectivity index (χ4v) is 2.71. The molecule has 1 fully saturated rings. The number of likely N-dealkylation sites (N-methyl/N-ethyl adjacent to an activating group) is 1. The van der Waals surface area contributed by atoms with Gasteiger partial charge in [-0.15, -0.1) is 0 Å². The van der Waals surface area contributed by atoms with Gasteiger partial charge in [-0.25, -0.2) is 4.68 Å². The van der Waals surface area contributed by atoms with Crippen molar-refractivity contribution in [2.24, 2.45) is 7.05 Å². The van der Waals surface area contributed by atoms with E-state index in [0.29, 0.717) is 0 Å². The minimum absolute atomic E-state index is 0.120. The lowest BCUT2D eigenvalue weighted by atomic mass is 10.1. The Morgan fingerprint density at radius 1 is 1.05 bits per heavy atom. The molecule has 1 saturated heterocycles. The summed E-state index contributed by atoms with van der Waals surface area (Å²) in [5.74, 6) is 0. The molecule has 1 aromatic carbocycles. The van der Waals surface area contributed by atoms with Gasteiger partial charge in [0.2, 0.25) is 0 Å². The van der Waals surface area contributed by atoms with Crippen molar-refractivity contribution < 1.29 is 0 Å². The molecule has 1 aliphatic rings. The number of aryl methyl sites for hydroxylation is 1. The predicted molar refractivity (Wildman–Crippen MR) is 89.0 cm³/mol. The summed E-state index contributed by atoms with van der Waals surface area (Å²) in [5, 5.41) is 4.26. The molecule has 0 radical (unpaired) electrons. The van der Waals surface area contributed by atoms with Crippen molar-refractivity contribution in [2.75, 3.05) is 43.9 Å². The average Bonchev–Trinajstić information content (AvgIpc) is 2.51. The molecule has 0 bridgehead atoms. The number of benzene rings is 1. The Morgan fingerprint density at radius 2 is 1.77 bits per heavy atom. The normalized spacial score (nSPS) is 16.0. The summed E-state index contributed by atoms with van der Waals surface area (Å²) in [7, 11) is 3.78. The zero-order valence-corrected chi connectivity index (χ0v) is 13.0. The van der Waals surface area contributed by atoms with Crippen molar-refractivity contribution in [2.45, 2.75) is 0 Å². The van der Waals surface area contributed by atoms with Gasteiger partial charge in [0, 0.05) is 44.9 Å². The quantitative estimate of drug-likeness (QED) is 0.830. The topological polar surface area (TPSA) is 67.4 Å². The largest absolute Gasteiger partial charge is 0.397 e. The van der Waals surface area contributed by atoms with E-state index in [1.54, 1.807) is 13.1 Å². The standard InChI is InChI=1S/C16H21N5O/c1-19-7-9-21(10-8-19)15-5-3-12(11-13(15)17)14-4-6-16(22)20(2)18-14/h3-6,11H,7-10,17H2,1-2H3. The number of hydrogen-bond donors (Lipinski definition) is 1. The zero-order chi connectivity index (χ0) is 15.7. The molecule has 0 saturated carbocycles. The maximum Gasteiger partial charge on any atom is 0.266 e. The number of nitrogens with two attached hydrogens (primary N) is 1. The van der Waals surface area contributed by atoms with Crippen LogP contribution in [0.15, 0.2) is 35.1 Å². The summed E-state index contributed by atoms with van der Waals surface area (Å²) in [6.45, 7) is 4.06. The van der Waals surface area contributed by atoms with Gasteiger partial charge in [-0.1, -0.05) is 6.07 Å². The molecule has 1 aromatic heterocycles. The van der Waals surface area contributed by atoms with Crippen molar-refractivity contribution in [3.05, 3.63) is 40.7 Å². The first-order chi connectivity index (χ1) is 10.5. The average molecular weight is 299 g/mol. The number of piperazine rings is 1. The molecule has 1 aliphatic heterocycles. The number of nitrogens with zero attached hydrogens (tertiary/aromatic N) is 4. The van der Waals surface area contributed by atoms with Gasteiger partial charge in [0.25, 0.3) is 5.56 Å². The van der Waals surface area contributed by atoms with Gasteiger partial charge in [-0.2, -0.15) is 5.10 Å². The van der Waals surface area contributed by atoms with Crippen LogP contribution in [0.3, 0.4) is 0 Å². The first kappa shape index (κ1) is 14.6. The van der Waals surface area contributed by atoms with E-state index >= 15 is 0 Å². The fraction of sp³-hybridized carbons (Fsp3) is 0.375. The molecule has 0 spiro atoms. The van der Waals surface area contributed by atoms with Crippen LogP contribution in [0.2, 0.25) is 0 Å². The Hall–Kier alpha value is -2.34. The maximum absolute atomic E-state index is 11.4. The summed E-state index contributed by atoms with van der Waals surface area (Å²) in [4.78, 5) is 16.0. The highest BCUT2D eigenvalue weighted by Crippen LogP contribution is 2.28. The summed E-state index contributed by atoms with van der Waals surface area (Å²) >= 11 is 0. The number of nitrogen functional groups attached to an aromatic ring is 1. The zero-order valence-electron chi connectivity index (χ0n) is 13.0. The van der Waals surface area contributed by atoms with E-state index in [1.807, 2.05) is 18.2 Å². The molecule has 2 aromatic rings. The molecule has 2 heterocycles. The highest BCUT2D eigenvalue weighted by atomic mass is 16.1. The monoisotopic (exact) mass is 299 g/mol. The van der Waals surface area contributed by atoms with Gasteiger partial charge in [0.15, 0.2) is 0 Å². The number of hydrogen-bond acceptors (Lipinski definition) is 5. The Morgan fingerprint density at radius 3 is 2.41 bits per heavy atom. The molecule has 2 N–H and O–H groups in total. The Labute approximate surface area is 129 Å². The molecule has 0 amide bonds. The molecular formula is C16H21N5O. The van der Waals surface area contributed by atoms with Crippen LogP contribution in [0.5, 0.6) is 0 Å². The lowest BCUT2D eigenvalue weighted by molar-refractivity contribution is 0.313. The molecule has 0 unspecified atom stereocenters. The molecule has 22 heavy (non-hydrogen) atoms. The first-order valence-corrected chi connectivity index (χ1v) is 7.42. The Kier molecular flexibility index (Phi) is 3.85. The summed E-state index contributed by atoms with van der Waals surface area (Å²) in [6.07, 6.45) is 0. The second kappa shape index (κ2) is 5.81. The third-order valence-corrected chi connectivity index (χ3v) is 4.13. The number of anilines is 2. The van der Waals surface area contributed by atoms with Crippen LogP contribution in [-0.4, -0.2) is 47.9 Å². The van der Waals surface area contributed by atoms with Gasteiger partial charge >= 0.3 is 0 Å². The summed E-state index contributed by atoms with van der Waals surface area (Å²) < 4.78 is 1.33. The van der Waals surface area contributed by atoms with Crippen LogP contribution in [0.1, 0.15) is 0 Å². The van der Waals surface area contributed by atoms with Crippen LogP contribution in [0, 0.1) is 0 Å². The summed E-state index contributed by atoms with van der Waals surface area (Å²) in [5.41, 5.74) is 9.61. The van der Waals surface area contributed by atoms with Crippen molar-refractivity contribution >= 4 is 11.4 Å². The van der Waals surface area contributed by atoms with Crippen LogP contribution >= 0.6 is 0 Å². The van der Waals surface area contributed by atoms with Gasteiger partial charge in [-0.05, 0) is 25.2 Å². The van der Waals surface area contributed by atoms with Crippen molar-refractivity contribution in [3.63, 3.8) is 0 Å². The predicted octanol–water partition coefficient (Wildman–Crippen LogP) is 0.781. The second-order valence-corrected chi connectivity index (χ2v) is 5.74. The van der Waals surface area contributed by atoms with Crippen molar-refractivity contribution in [1.82, 2.24) is 14.7 Å². The minimum Gasteiger partial charge on any atom is -0.397 e. The number of aromatic nitrogens is 2. The van der Waals surface area contributed by atoms with E-state index in [-0.39, 0.29) is 5.56 Å². The van der Waals surface area contributed by atoms with Gasteiger partial charge in [0.1, 0.15) is 0 Å². The Balaban J connectivity index is 1.88. The molecule has 0 atom stereocenters. The minimum atomic E-state index is -0.120. The van der Waals surface area contributed by atoms with Gasteiger partial charge < -0.3 is 15.5 Å². The lowest BCUT2D eigenvalue weighted by Crippen LogP contribution is -2.44. The molecular weight excluding hydrogens is 278 g/mol. The van der Waals surface area contributed by atoms with E-state index in [1.165, 1.54) is 10.7 Å². The molecule has 116 valence electrons. The highest BCUT2D eigenvalue weighted by molar-refractivity contribution is 5.75. The summed E-state index contributed by atoms with van der Waals surface area (Å²) in [6, 6.07) is 9.24. The molecule has 6 heteroatoms. The van der Waals surface area contributed by atoms with Crippen molar-refractivity contribution in [1.29, 1.82) is 0 Å². The van der Waals surface area contributed by atoms with E-state index in [9.17, 15) is 4.79 Å². The first-order valence-electron chi connectivity index (χ1n) is 7.42. The van der Waals surface area contributed by atoms with Crippen molar-refractivity contribution in [3.8, 4) is 11.3 Å². The molecule has 0 aliphatic carbocycles. The van der Waals surface area contributed by atoms with Crippen LogP contribution in [0.4, 0.5) is 11.4 Å². The van der Waals surface area contributed by atoms with E-state index in [0.717, 1.165) is 48.8 Å². The van der Waals surface area contributed by atoms with Crippen LogP contribution < -0.4 is 16.2 Å². The van der Waals surface area contributed by atoms with Crippen LogP contribution in [0.25, 0.3) is 11.3 Å². The van der Waals surface area contributed by atoms with Gasteiger partial charge in [0.05, 0.1) is 17.1 Å². The lowest BCUT2D eigenvalue weighted by Gasteiger charge is -2.34. The SMILES string of the molecule is CN1CCN(c2ccc(-c3ccc(=O)n(C)n3)cc2N)CC1. The number of rotatable bonds is 2. The molecule has 6 nitrogen and oxygen atoms in total. The maximum atomic E-state index is 11.4. The molecule has 3 rings (SSSR count). The van der Waals surface area contributed by atoms with E-state index in [4.69, 9.17) is 5.73 Å². The fourth-order valence-electron chi connectivity index (χ4n) is 2.71. The second-order valence-electron chi connectivity index (χ2n) is 5.74. The highest BCUT2D eigenvalue weighted by Gasteiger charge is 2.16. The van der Waals surface area contributed by atoms with E-state index in [2.05, 4.69) is 21.9 Å². The third-order valence-electron chi connectivity index (χ3n) is 4.13. The van der Waals surface area contributed by atoms with E-state index < -0.39 is 0 Å². The third kappa shape index (κ3) is 2.82.